The average Bonchev–Trinajstić information content (AvgIpc) is 3.22. The first-order valence-electron chi connectivity index (χ1n) is 8.87. The number of carbonyl (C=O) groups is 1. The van der Waals surface area contributed by atoms with Crippen molar-refractivity contribution in [1.82, 2.24) is 19.8 Å². The highest BCUT2D eigenvalue weighted by molar-refractivity contribution is 5.77. The molecular formula is C19H24N4O. The van der Waals surface area contributed by atoms with Crippen molar-refractivity contribution in [2.24, 2.45) is 0 Å². The molecule has 0 radical (unpaired) electrons. The van der Waals surface area contributed by atoms with Gasteiger partial charge in [0.1, 0.15) is 5.82 Å². The van der Waals surface area contributed by atoms with Crippen molar-refractivity contribution in [3.05, 3.63) is 54.1 Å². The molecule has 1 N–H and O–H groups in total. The van der Waals surface area contributed by atoms with Crippen molar-refractivity contribution in [2.75, 3.05) is 6.54 Å². The molecule has 1 amide bonds. The lowest BCUT2D eigenvalue weighted by Crippen LogP contribution is -2.45. The van der Waals surface area contributed by atoms with Gasteiger partial charge in [0.05, 0.1) is 6.54 Å². The maximum absolute atomic E-state index is 12.7. The van der Waals surface area contributed by atoms with Crippen LogP contribution in [0.1, 0.15) is 37.1 Å². The van der Waals surface area contributed by atoms with E-state index in [1.165, 1.54) is 5.56 Å². The summed E-state index contributed by atoms with van der Waals surface area (Å²) >= 11 is 0. The monoisotopic (exact) mass is 324 g/mol. The number of benzene rings is 1. The van der Waals surface area contributed by atoms with Gasteiger partial charge in [-0.15, -0.1) is 0 Å². The van der Waals surface area contributed by atoms with Crippen molar-refractivity contribution in [1.29, 1.82) is 0 Å². The van der Waals surface area contributed by atoms with E-state index in [2.05, 4.69) is 31.9 Å². The summed E-state index contributed by atoms with van der Waals surface area (Å²) in [4.78, 5) is 24.9. The third-order valence-corrected chi connectivity index (χ3v) is 5.34. The molecule has 3 heterocycles. The molecule has 5 nitrogen and oxygen atoms in total. The lowest BCUT2D eigenvalue weighted by molar-refractivity contribution is -0.133. The first kappa shape index (κ1) is 15.4. The molecule has 4 rings (SSSR count). The molecule has 2 aromatic rings. The average molecular weight is 324 g/mol. The van der Waals surface area contributed by atoms with Crippen LogP contribution in [0.5, 0.6) is 0 Å². The second-order valence-electron chi connectivity index (χ2n) is 6.83. The molecule has 2 aliphatic rings. The van der Waals surface area contributed by atoms with E-state index in [9.17, 15) is 4.79 Å². The van der Waals surface area contributed by atoms with E-state index < -0.39 is 0 Å². The molecular weight excluding hydrogens is 300 g/mol. The smallest absolute Gasteiger partial charge is 0.223 e. The number of hydrogen-bond acceptors (Lipinski definition) is 3. The van der Waals surface area contributed by atoms with Crippen LogP contribution in [0.25, 0.3) is 0 Å². The summed E-state index contributed by atoms with van der Waals surface area (Å²) in [5, 5.41) is 0. The molecule has 0 unspecified atom stereocenters. The van der Waals surface area contributed by atoms with Gasteiger partial charge in [0.2, 0.25) is 5.91 Å². The van der Waals surface area contributed by atoms with E-state index in [0.717, 1.165) is 44.7 Å². The maximum atomic E-state index is 12.7. The Labute approximate surface area is 142 Å². The van der Waals surface area contributed by atoms with Gasteiger partial charge in [-0.2, -0.15) is 0 Å². The van der Waals surface area contributed by atoms with Crippen molar-refractivity contribution in [3.8, 4) is 0 Å². The second kappa shape index (κ2) is 6.77. The number of imidazole rings is 1. The van der Waals surface area contributed by atoms with Crippen LogP contribution in [-0.2, 0) is 17.9 Å². The minimum absolute atomic E-state index is 0.311. The Hall–Kier alpha value is -2.14. The number of rotatable bonds is 4. The van der Waals surface area contributed by atoms with Crippen LogP contribution in [0.2, 0.25) is 0 Å². The highest BCUT2D eigenvalue weighted by Gasteiger charge is 2.41. The predicted molar refractivity (Wildman–Crippen MR) is 92.0 cm³/mol. The van der Waals surface area contributed by atoms with E-state index in [1.807, 2.05) is 24.4 Å². The highest BCUT2D eigenvalue weighted by atomic mass is 16.2. The van der Waals surface area contributed by atoms with Crippen LogP contribution >= 0.6 is 0 Å². The largest absolute Gasteiger partial charge is 0.348 e. The molecule has 5 heteroatoms. The van der Waals surface area contributed by atoms with Gasteiger partial charge in [-0.3, -0.25) is 9.69 Å². The second-order valence-corrected chi connectivity index (χ2v) is 6.83. The summed E-state index contributed by atoms with van der Waals surface area (Å²) in [5.41, 5.74) is 1.22. The van der Waals surface area contributed by atoms with Crippen LogP contribution in [0.15, 0.2) is 42.7 Å². The van der Waals surface area contributed by atoms with Gasteiger partial charge in [0.15, 0.2) is 0 Å². The SMILES string of the molecule is O=C1CCC[C@@H]2[C@@H](CCN2Cc2ncc[nH]2)N1Cc1ccccc1. The molecule has 126 valence electrons. The minimum Gasteiger partial charge on any atom is -0.348 e. The Bertz CT molecular complexity index is 670. The van der Waals surface area contributed by atoms with Gasteiger partial charge < -0.3 is 9.88 Å². The molecule has 2 fully saturated rings. The number of aromatic nitrogens is 2. The van der Waals surface area contributed by atoms with Crippen LogP contribution in [0.4, 0.5) is 0 Å². The van der Waals surface area contributed by atoms with E-state index in [0.29, 0.717) is 24.4 Å². The standard InChI is InChI=1S/C19H24N4O/c24-19-8-4-7-16-17(23(19)13-15-5-2-1-3-6-15)9-12-22(16)14-18-20-10-11-21-18/h1-3,5-6,10-11,16-17H,4,7-9,12-14H2,(H,20,21)/t16-,17-/m1/s1. The van der Waals surface area contributed by atoms with Crippen molar-refractivity contribution in [3.63, 3.8) is 0 Å². The summed E-state index contributed by atoms with van der Waals surface area (Å²) in [5.74, 6) is 1.33. The lowest BCUT2D eigenvalue weighted by Gasteiger charge is -2.33. The molecule has 0 spiro atoms. The van der Waals surface area contributed by atoms with Gasteiger partial charge in [0.25, 0.3) is 0 Å². The Morgan fingerprint density at radius 1 is 1.12 bits per heavy atom. The third kappa shape index (κ3) is 3.08. The Balaban J connectivity index is 1.52. The number of amides is 1. The van der Waals surface area contributed by atoms with Crippen molar-refractivity contribution in [2.45, 2.75) is 50.9 Å². The van der Waals surface area contributed by atoms with Crippen LogP contribution in [0, 0.1) is 0 Å². The quantitative estimate of drug-likeness (QED) is 0.940. The summed E-state index contributed by atoms with van der Waals surface area (Å²) < 4.78 is 0. The number of H-pyrrole nitrogens is 1. The molecule has 2 saturated heterocycles. The minimum atomic E-state index is 0.311. The molecule has 0 aliphatic carbocycles. The summed E-state index contributed by atoms with van der Waals surface area (Å²) in [7, 11) is 0. The van der Waals surface area contributed by atoms with E-state index >= 15 is 0 Å². The van der Waals surface area contributed by atoms with E-state index in [1.54, 1.807) is 6.20 Å². The van der Waals surface area contributed by atoms with Gasteiger partial charge in [-0.05, 0) is 24.8 Å². The van der Waals surface area contributed by atoms with Crippen LogP contribution in [-0.4, -0.2) is 44.3 Å². The van der Waals surface area contributed by atoms with Gasteiger partial charge in [-0.25, -0.2) is 4.98 Å². The van der Waals surface area contributed by atoms with E-state index in [-0.39, 0.29) is 0 Å². The highest BCUT2D eigenvalue weighted by Crippen LogP contribution is 2.32. The Morgan fingerprint density at radius 3 is 2.79 bits per heavy atom. The van der Waals surface area contributed by atoms with Gasteiger partial charge >= 0.3 is 0 Å². The Kier molecular flexibility index (Phi) is 4.34. The molecule has 2 aliphatic heterocycles. The molecule has 2 atom stereocenters. The molecule has 1 aromatic heterocycles. The zero-order chi connectivity index (χ0) is 16.4. The maximum Gasteiger partial charge on any atom is 0.223 e. The fourth-order valence-electron chi connectivity index (χ4n) is 4.19. The fourth-order valence-corrected chi connectivity index (χ4v) is 4.19. The number of fused-ring (bicyclic) bond motifs is 1. The first-order valence-corrected chi connectivity index (χ1v) is 8.87. The summed E-state index contributed by atoms with van der Waals surface area (Å²) in [6.45, 7) is 2.62. The van der Waals surface area contributed by atoms with Gasteiger partial charge in [0, 0.05) is 44.0 Å². The van der Waals surface area contributed by atoms with Crippen LogP contribution < -0.4 is 0 Å². The number of hydrogen-bond donors (Lipinski definition) is 1. The number of nitrogens with zero attached hydrogens (tertiary/aromatic N) is 3. The van der Waals surface area contributed by atoms with Crippen molar-refractivity contribution >= 4 is 5.91 Å². The van der Waals surface area contributed by atoms with Gasteiger partial charge in [-0.1, -0.05) is 30.3 Å². The molecule has 0 saturated carbocycles. The fraction of sp³-hybridized carbons (Fsp3) is 0.474. The normalized spacial score (nSPS) is 24.8. The zero-order valence-corrected chi connectivity index (χ0v) is 13.9. The first-order chi connectivity index (χ1) is 11.8. The number of carbonyl (C=O) groups excluding carboxylic acids is 1. The lowest BCUT2D eigenvalue weighted by atomic mass is 10.0. The number of aromatic amines is 1. The number of likely N-dealkylation sites (tertiary alicyclic amines) is 2. The Morgan fingerprint density at radius 2 is 2.00 bits per heavy atom. The molecule has 1 aromatic carbocycles. The molecule has 24 heavy (non-hydrogen) atoms. The topological polar surface area (TPSA) is 52.2 Å². The summed E-state index contributed by atoms with van der Waals surface area (Å²) in [6, 6.07) is 11.1. The predicted octanol–water partition coefficient (Wildman–Crippen LogP) is 2.57. The summed E-state index contributed by atoms with van der Waals surface area (Å²) in [6.07, 6.45) is 7.50. The van der Waals surface area contributed by atoms with Crippen molar-refractivity contribution < 1.29 is 4.79 Å². The van der Waals surface area contributed by atoms with E-state index in [4.69, 9.17) is 0 Å². The third-order valence-electron chi connectivity index (χ3n) is 5.34. The molecule has 0 bridgehead atoms. The zero-order valence-electron chi connectivity index (χ0n) is 13.9. The number of nitrogens with one attached hydrogen (secondary N) is 1. The van der Waals surface area contributed by atoms with Crippen LogP contribution in [0.3, 0.4) is 0 Å².